The van der Waals surface area contributed by atoms with Gasteiger partial charge in [-0.05, 0) is 49.3 Å². The second-order valence-electron chi connectivity index (χ2n) is 10.5. The van der Waals surface area contributed by atoms with Crippen molar-refractivity contribution >= 4 is 23.4 Å². The third kappa shape index (κ3) is 4.99. The number of fused-ring (bicyclic) bond motifs is 1. The normalized spacial score (nSPS) is 23.4. The topological polar surface area (TPSA) is 80.6 Å². The van der Waals surface area contributed by atoms with E-state index in [0.29, 0.717) is 49.2 Å². The first-order valence-electron chi connectivity index (χ1n) is 13.5. The van der Waals surface area contributed by atoms with E-state index in [-0.39, 0.29) is 35.7 Å². The Morgan fingerprint density at radius 3 is 2.74 bits per heavy atom. The molecule has 2 fully saturated rings. The number of nitrogens with zero attached hydrogens (tertiary/aromatic N) is 5. The summed E-state index contributed by atoms with van der Waals surface area (Å²) in [6.45, 7) is 3.43. The molecule has 2 aliphatic heterocycles. The molecule has 38 heavy (non-hydrogen) atoms. The molecule has 3 heterocycles. The molecule has 206 valence electrons. The van der Waals surface area contributed by atoms with E-state index in [9.17, 15) is 18.4 Å². The van der Waals surface area contributed by atoms with Crippen LogP contribution in [0, 0.1) is 11.8 Å². The SMILES string of the molecule is CC[C@H]1CCC[C@H]1C(=O)N1CCc2c(Cl)ccc(OCc3nnn(C)c3C(F)F)c2[C@H]1CN1CCCC1=O. The number of carbonyl (C=O) groups is 2. The first kappa shape index (κ1) is 26.8. The van der Waals surface area contributed by atoms with Crippen LogP contribution in [0.4, 0.5) is 8.78 Å². The number of alkyl halides is 2. The highest BCUT2D eigenvalue weighted by Gasteiger charge is 2.42. The molecule has 0 radical (unpaired) electrons. The number of aryl methyl sites for hydroxylation is 1. The van der Waals surface area contributed by atoms with Gasteiger partial charge in [-0.1, -0.05) is 36.6 Å². The molecule has 5 rings (SSSR count). The van der Waals surface area contributed by atoms with Crippen LogP contribution in [0.25, 0.3) is 0 Å². The van der Waals surface area contributed by atoms with Crippen molar-refractivity contribution in [2.45, 2.75) is 70.9 Å². The summed E-state index contributed by atoms with van der Waals surface area (Å²) < 4.78 is 34.4. The summed E-state index contributed by atoms with van der Waals surface area (Å²) in [5.74, 6) is 0.981. The van der Waals surface area contributed by atoms with Crippen molar-refractivity contribution < 1.29 is 23.1 Å². The first-order chi connectivity index (χ1) is 18.3. The largest absolute Gasteiger partial charge is 0.487 e. The van der Waals surface area contributed by atoms with E-state index in [1.165, 1.54) is 7.05 Å². The van der Waals surface area contributed by atoms with Crippen LogP contribution in [0.3, 0.4) is 0 Å². The van der Waals surface area contributed by atoms with Gasteiger partial charge in [0.05, 0.1) is 6.04 Å². The van der Waals surface area contributed by atoms with Crippen molar-refractivity contribution in [2.24, 2.45) is 18.9 Å². The van der Waals surface area contributed by atoms with Crippen LogP contribution < -0.4 is 4.74 Å². The smallest absolute Gasteiger partial charge is 0.282 e. The molecule has 2 aromatic rings. The summed E-state index contributed by atoms with van der Waals surface area (Å²) in [6, 6.07) is 3.02. The van der Waals surface area contributed by atoms with Crippen molar-refractivity contribution in [2.75, 3.05) is 19.6 Å². The van der Waals surface area contributed by atoms with E-state index in [1.807, 2.05) is 9.80 Å². The summed E-state index contributed by atoms with van der Waals surface area (Å²) in [5.41, 5.74) is 1.38. The van der Waals surface area contributed by atoms with Gasteiger partial charge in [0.2, 0.25) is 11.8 Å². The molecule has 2 amide bonds. The van der Waals surface area contributed by atoms with Crippen molar-refractivity contribution in [1.82, 2.24) is 24.8 Å². The number of likely N-dealkylation sites (tertiary alicyclic amines) is 1. The Labute approximate surface area is 226 Å². The van der Waals surface area contributed by atoms with Crippen molar-refractivity contribution in [3.05, 3.63) is 39.7 Å². The predicted molar refractivity (Wildman–Crippen MR) is 137 cm³/mol. The molecule has 1 aromatic heterocycles. The fraction of sp³-hybridized carbons (Fsp3) is 0.630. The number of aromatic nitrogens is 3. The Kier molecular flexibility index (Phi) is 7.88. The number of halogens is 3. The monoisotopic (exact) mass is 549 g/mol. The third-order valence-electron chi connectivity index (χ3n) is 8.44. The van der Waals surface area contributed by atoms with Gasteiger partial charge in [0.25, 0.3) is 6.43 Å². The second-order valence-corrected chi connectivity index (χ2v) is 10.9. The Balaban J connectivity index is 1.51. The van der Waals surface area contributed by atoms with Crippen LogP contribution in [0.2, 0.25) is 5.02 Å². The van der Waals surface area contributed by atoms with Crippen LogP contribution in [-0.4, -0.2) is 56.2 Å². The van der Waals surface area contributed by atoms with E-state index >= 15 is 0 Å². The number of ether oxygens (including phenoxy) is 1. The molecule has 11 heteroatoms. The van der Waals surface area contributed by atoms with Gasteiger partial charge in [-0.3, -0.25) is 9.59 Å². The molecule has 8 nitrogen and oxygen atoms in total. The maximum atomic E-state index is 14.0. The molecule has 3 atom stereocenters. The number of amides is 2. The zero-order valence-electron chi connectivity index (χ0n) is 21.8. The number of hydrogen-bond donors (Lipinski definition) is 0. The Morgan fingerprint density at radius 2 is 2.03 bits per heavy atom. The van der Waals surface area contributed by atoms with Crippen LogP contribution in [-0.2, 0) is 29.7 Å². The third-order valence-corrected chi connectivity index (χ3v) is 8.79. The van der Waals surface area contributed by atoms with E-state index in [0.717, 1.165) is 47.9 Å². The van der Waals surface area contributed by atoms with E-state index in [2.05, 4.69) is 17.2 Å². The number of rotatable bonds is 8. The van der Waals surface area contributed by atoms with Gasteiger partial charge >= 0.3 is 0 Å². The maximum Gasteiger partial charge on any atom is 0.282 e. The minimum absolute atomic E-state index is 0.0323. The highest BCUT2D eigenvalue weighted by Crippen LogP contribution is 2.44. The summed E-state index contributed by atoms with van der Waals surface area (Å²) in [6.07, 6.45) is 3.02. The van der Waals surface area contributed by atoms with Crippen molar-refractivity contribution in [3.63, 3.8) is 0 Å². The number of carbonyl (C=O) groups excluding carboxylic acids is 2. The minimum Gasteiger partial charge on any atom is -0.487 e. The van der Waals surface area contributed by atoms with Gasteiger partial charge in [-0.2, -0.15) is 0 Å². The van der Waals surface area contributed by atoms with E-state index in [4.69, 9.17) is 16.3 Å². The molecular weight excluding hydrogens is 516 g/mol. The molecule has 1 aromatic carbocycles. The summed E-state index contributed by atoms with van der Waals surface area (Å²) >= 11 is 6.65. The Morgan fingerprint density at radius 1 is 1.21 bits per heavy atom. The molecule has 0 N–H and O–H groups in total. The Hall–Kier alpha value is -2.75. The molecular formula is C27H34ClF2N5O3. The average molecular weight is 550 g/mol. The molecule has 0 bridgehead atoms. The van der Waals surface area contributed by atoms with Gasteiger partial charge in [-0.25, -0.2) is 13.5 Å². The van der Waals surface area contributed by atoms with Crippen LogP contribution >= 0.6 is 11.6 Å². The molecule has 1 aliphatic carbocycles. The van der Waals surface area contributed by atoms with E-state index < -0.39 is 12.5 Å². The molecule has 1 saturated heterocycles. The van der Waals surface area contributed by atoms with Crippen LogP contribution in [0.1, 0.15) is 80.4 Å². The average Bonchev–Trinajstić information content (AvgIpc) is 3.63. The summed E-state index contributed by atoms with van der Waals surface area (Å²) in [5, 5.41) is 8.16. The lowest BCUT2D eigenvalue weighted by Crippen LogP contribution is -2.48. The highest BCUT2D eigenvalue weighted by molar-refractivity contribution is 6.31. The zero-order valence-corrected chi connectivity index (χ0v) is 22.6. The molecule has 3 aliphatic rings. The highest BCUT2D eigenvalue weighted by atomic mass is 35.5. The number of benzene rings is 1. The second kappa shape index (κ2) is 11.2. The summed E-state index contributed by atoms with van der Waals surface area (Å²) in [7, 11) is 1.42. The number of hydrogen-bond acceptors (Lipinski definition) is 5. The van der Waals surface area contributed by atoms with Crippen molar-refractivity contribution in [1.29, 1.82) is 0 Å². The van der Waals surface area contributed by atoms with Crippen molar-refractivity contribution in [3.8, 4) is 5.75 Å². The molecule has 1 saturated carbocycles. The van der Waals surface area contributed by atoms with Gasteiger partial charge in [0.1, 0.15) is 23.7 Å². The predicted octanol–water partition coefficient (Wildman–Crippen LogP) is 4.86. The van der Waals surface area contributed by atoms with Crippen LogP contribution in [0.5, 0.6) is 5.75 Å². The lowest BCUT2D eigenvalue weighted by Gasteiger charge is -2.42. The lowest BCUT2D eigenvalue weighted by atomic mass is 9.87. The van der Waals surface area contributed by atoms with Gasteiger partial charge in [0, 0.05) is 49.6 Å². The van der Waals surface area contributed by atoms with E-state index in [1.54, 1.807) is 12.1 Å². The van der Waals surface area contributed by atoms with Gasteiger partial charge in [-0.15, -0.1) is 5.10 Å². The summed E-state index contributed by atoms with van der Waals surface area (Å²) in [4.78, 5) is 30.4. The van der Waals surface area contributed by atoms with Gasteiger partial charge < -0.3 is 14.5 Å². The van der Waals surface area contributed by atoms with Gasteiger partial charge in [0.15, 0.2) is 0 Å². The fourth-order valence-electron chi connectivity index (χ4n) is 6.45. The fourth-order valence-corrected chi connectivity index (χ4v) is 6.71. The maximum absolute atomic E-state index is 14.0. The molecule has 0 spiro atoms. The molecule has 0 unspecified atom stereocenters. The standard InChI is InChI=1S/C27H34ClF2N5O3/c1-3-16-6-4-7-17(16)27(37)35-13-11-18-19(28)9-10-22(24(18)21(35)14-34-12-5-8-23(34)36)38-15-20-25(26(29)30)33(2)32-31-20/h9-10,16-17,21,26H,3-8,11-15H2,1-2H3/t16-,17+,21+/m0/s1. The first-order valence-corrected chi connectivity index (χ1v) is 13.9. The Bertz CT molecular complexity index is 1210. The quantitative estimate of drug-likeness (QED) is 0.470. The zero-order chi connectivity index (χ0) is 27.0. The minimum atomic E-state index is -2.74. The van der Waals surface area contributed by atoms with Crippen LogP contribution in [0.15, 0.2) is 12.1 Å². The lowest BCUT2D eigenvalue weighted by molar-refractivity contribution is -0.141.